The van der Waals surface area contributed by atoms with Crippen LogP contribution in [-0.4, -0.2) is 34.1 Å². The van der Waals surface area contributed by atoms with E-state index in [0.717, 1.165) is 47.1 Å². The fourth-order valence-electron chi connectivity index (χ4n) is 6.70. The standard InChI is InChI=1S/C33H30N2O2/c1-2-21-20-35-16-14-22(21)17-31(35)33(28-13-15-34-30-12-11-24(36)19-29(28)30)37-32-18-23-7-3-4-8-25(23)26-9-5-6-10-27(26)32/h2-13,15,18-19,21-22,31,33,36H,1,14,16-17,20H2/t21?,22?,31-,33+/m1/s1. The molecule has 5 atom stereocenters. The molecular formula is C33H30N2O2. The van der Waals surface area contributed by atoms with E-state index in [9.17, 15) is 5.11 Å². The van der Waals surface area contributed by atoms with Crippen LogP contribution in [0.15, 0.2) is 97.7 Å². The van der Waals surface area contributed by atoms with E-state index >= 15 is 0 Å². The van der Waals surface area contributed by atoms with Gasteiger partial charge in [-0.15, -0.1) is 6.58 Å². The number of hydrogen-bond donors (Lipinski definition) is 1. The van der Waals surface area contributed by atoms with Gasteiger partial charge in [-0.25, -0.2) is 0 Å². The largest absolute Gasteiger partial charge is 0.508 e. The molecule has 4 heterocycles. The topological polar surface area (TPSA) is 45.6 Å². The maximum Gasteiger partial charge on any atom is 0.140 e. The number of fused-ring (bicyclic) bond motifs is 7. The quantitative estimate of drug-likeness (QED) is 0.210. The first-order valence-corrected chi connectivity index (χ1v) is 13.2. The number of pyridine rings is 1. The molecular weight excluding hydrogens is 456 g/mol. The van der Waals surface area contributed by atoms with Crippen LogP contribution in [0, 0.1) is 11.8 Å². The van der Waals surface area contributed by atoms with Gasteiger partial charge < -0.3 is 9.84 Å². The van der Waals surface area contributed by atoms with Crippen molar-refractivity contribution in [3.8, 4) is 11.5 Å². The van der Waals surface area contributed by atoms with E-state index in [-0.39, 0.29) is 17.9 Å². The first kappa shape index (κ1) is 22.3. The third-order valence-electron chi connectivity index (χ3n) is 8.55. The highest BCUT2D eigenvalue weighted by Gasteiger charge is 2.44. The number of benzene rings is 4. The summed E-state index contributed by atoms with van der Waals surface area (Å²) >= 11 is 0. The van der Waals surface area contributed by atoms with Gasteiger partial charge in [0.05, 0.1) is 11.6 Å². The van der Waals surface area contributed by atoms with Crippen molar-refractivity contribution >= 4 is 32.4 Å². The highest BCUT2D eigenvalue weighted by atomic mass is 16.5. The van der Waals surface area contributed by atoms with Gasteiger partial charge in [-0.1, -0.05) is 54.6 Å². The van der Waals surface area contributed by atoms with E-state index < -0.39 is 0 Å². The molecule has 3 fully saturated rings. The summed E-state index contributed by atoms with van der Waals surface area (Å²) in [4.78, 5) is 7.18. The Bertz CT molecular complexity index is 1640. The second kappa shape index (κ2) is 8.89. The lowest BCUT2D eigenvalue weighted by atomic mass is 9.73. The smallest absolute Gasteiger partial charge is 0.140 e. The van der Waals surface area contributed by atoms with E-state index in [1.165, 1.54) is 22.6 Å². The predicted octanol–water partition coefficient (Wildman–Crippen LogP) is 7.26. The Morgan fingerprint density at radius 1 is 0.946 bits per heavy atom. The molecule has 184 valence electrons. The Kier molecular flexibility index (Phi) is 5.37. The summed E-state index contributed by atoms with van der Waals surface area (Å²) in [6.45, 7) is 6.21. The first-order chi connectivity index (χ1) is 18.2. The molecule has 0 amide bonds. The first-order valence-electron chi connectivity index (χ1n) is 13.2. The van der Waals surface area contributed by atoms with Crippen LogP contribution in [0.3, 0.4) is 0 Å². The molecule has 8 rings (SSSR count). The molecule has 0 spiro atoms. The molecule has 4 aromatic carbocycles. The fourth-order valence-corrected chi connectivity index (χ4v) is 6.70. The summed E-state index contributed by atoms with van der Waals surface area (Å²) in [5.74, 6) is 2.29. The van der Waals surface area contributed by atoms with Crippen molar-refractivity contribution in [1.29, 1.82) is 0 Å². The van der Waals surface area contributed by atoms with Gasteiger partial charge in [-0.3, -0.25) is 9.88 Å². The number of hydrogen-bond acceptors (Lipinski definition) is 4. The summed E-state index contributed by atoms with van der Waals surface area (Å²) in [5.41, 5.74) is 1.94. The molecule has 2 bridgehead atoms. The van der Waals surface area contributed by atoms with E-state index in [0.29, 0.717) is 11.8 Å². The van der Waals surface area contributed by atoms with Crippen LogP contribution in [0.1, 0.15) is 24.5 Å². The molecule has 4 heteroatoms. The van der Waals surface area contributed by atoms with Crippen LogP contribution in [-0.2, 0) is 0 Å². The summed E-state index contributed by atoms with van der Waals surface area (Å²) in [5, 5.41) is 16.0. The van der Waals surface area contributed by atoms with E-state index in [2.05, 4.69) is 83.2 Å². The van der Waals surface area contributed by atoms with Crippen molar-refractivity contribution in [2.75, 3.05) is 13.1 Å². The zero-order chi connectivity index (χ0) is 24.9. The van der Waals surface area contributed by atoms with Gasteiger partial charge in [-0.2, -0.15) is 0 Å². The molecule has 3 saturated heterocycles. The Balaban J connectivity index is 1.41. The SMILES string of the molecule is C=CC1CN2CCC1C[C@@H]2[C@@H](Oc1cc2ccccc2c2ccccc12)c1ccnc2ccc(O)cc12. The van der Waals surface area contributed by atoms with Crippen LogP contribution >= 0.6 is 0 Å². The zero-order valence-electron chi connectivity index (χ0n) is 20.8. The molecule has 3 aliphatic rings. The number of phenolic OH excluding ortho intramolecular Hbond substituents is 1. The molecule has 0 saturated carbocycles. The minimum atomic E-state index is -0.203. The lowest BCUT2D eigenvalue weighted by molar-refractivity contribution is -0.0352. The van der Waals surface area contributed by atoms with Gasteiger partial charge in [0.25, 0.3) is 0 Å². The van der Waals surface area contributed by atoms with Gasteiger partial charge in [0, 0.05) is 29.1 Å². The maximum absolute atomic E-state index is 10.4. The molecule has 1 aromatic heterocycles. The van der Waals surface area contributed by atoms with Crippen LogP contribution in [0.5, 0.6) is 11.5 Å². The Morgan fingerprint density at radius 2 is 1.76 bits per heavy atom. The zero-order valence-corrected chi connectivity index (χ0v) is 20.8. The predicted molar refractivity (Wildman–Crippen MR) is 150 cm³/mol. The van der Waals surface area contributed by atoms with Crippen LogP contribution < -0.4 is 4.74 Å². The number of phenols is 1. The minimum absolute atomic E-state index is 0.203. The van der Waals surface area contributed by atoms with E-state index in [1.54, 1.807) is 6.07 Å². The van der Waals surface area contributed by atoms with Gasteiger partial charge in [0.15, 0.2) is 0 Å². The Hall–Kier alpha value is -3.89. The van der Waals surface area contributed by atoms with Crippen molar-refractivity contribution in [2.24, 2.45) is 11.8 Å². The molecule has 3 unspecified atom stereocenters. The van der Waals surface area contributed by atoms with Gasteiger partial charge in [-0.05, 0) is 77.7 Å². The van der Waals surface area contributed by atoms with Gasteiger partial charge in [0.2, 0.25) is 0 Å². The highest BCUT2D eigenvalue weighted by molar-refractivity contribution is 6.10. The van der Waals surface area contributed by atoms with Gasteiger partial charge >= 0.3 is 0 Å². The van der Waals surface area contributed by atoms with Crippen molar-refractivity contribution in [2.45, 2.75) is 25.0 Å². The number of ether oxygens (including phenoxy) is 1. The monoisotopic (exact) mass is 486 g/mol. The fraction of sp³-hybridized carbons (Fsp3) is 0.242. The van der Waals surface area contributed by atoms with E-state index in [4.69, 9.17) is 4.74 Å². The van der Waals surface area contributed by atoms with Crippen molar-refractivity contribution in [3.05, 3.63) is 103 Å². The number of aromatic hydroxyl groups is 1. The average molecular weight is 487 g/mol. The summed E-state index contributed by atoms with van der Waals surface area (Å²) in [6, 6.07) is 26.9. The van der Waals surface area contributed by atoms with Crippen molar-refractivity contribution < 1.29 is 9.84 Å². The molecule has 0 aliphatic carbocycles. The normalized spacial score (nSPS) is 23.9. The van der Waals surface area contributed by atoms with Crippen LogP contribution in [0.2, 0.25) is 0 Å². The summed E-state index contributed by atoms with van der Waals surface area (Å²) < 4.78 is 7.15. The molecule has 5 aromatic rings. The Labute approximate surface area is 216 Å². The lowest BCUT2D eigenvalue weighted by Crippen LogP contribution is -2.55. The molecule has 37 heavy (non-hydrogen) atoms. The molecule has 0 radical (unpaired) electrons. The number of nitrogens with zero attached hydrogens (tertiary/aromatic N) is 2. The second-order valence-corrected chi connectivity index (χ2v) is 10.5. The molecule has 1 N–H and O–H groups in total. The number of aromatic nitrogens is 1. The number of piperidine rings is 3. The maximum atomic E-state index is 10.4. The average Bonchev–Trinajstić information content (AvgIpc) is 2.96. The van der Waals surface area contributed by atoms with E-state index in [1.807, 2.05) is 18.3 Å². The number of rotatable bonds is 5. The second-order valence-electron chi connectivity index (χ2n) is 10.5. The van der Waals surface area contributed by atoms with Crippen LogP contribution in [0.4, 0.5) is 0 Å². The third kappa shape index (κ3) is 3.75. The van der Waals surface area contributed by atoms with Crippen molar-refractivity contribution in [3.63, 3.8) is 0 Å². The van der Waals surface area contributed by atoms with Gasteiger partial charge in [0.1, 0.15) is 17.6 Å². The Morgan fingerprint density at radius 3 is 2.57 bits per heavy atom. The highest BCUT2D eigenvalue weighted by Crippen LogP contribution is 2.45. The lowest BCUT2D eigenvalue weighted by Gasteiger charge is -2.51. The minimum Gasteiger partial charge on any atom is -0.508 e. The van der Waals surface area contributed by atoms with Crippen molar-refractivity contribution in [1.82, 2.24) is 9.88 Å². The molecule has 4 nitrogen and oxygen atoms in total. The third-order valence-corrected chi connectivity index (χ3v) is 8.55. The van der Waals surface area contributed by atoms with Crippen LogP contribution in [0.25, 0.3) is 32.4 Å². The molecule has 3 aliphatic heterocycles. The summed E-state index contributed by atoms with van der Waals surface area (Å²) in [6.07, 6.45) is 6.07. The summed E-state index contributed by atoms with van der Waals surface area (Å²) in [7, 11) is 0.